The van der Waals surface area contributed by atoms with Gasteiger partial charge < -0.3 is 0 Å². The molecule has 0 saturated carbocycles. The molecule has 0 fully saturated rings. The molecule has 0 nitrogen and oxygen atoms in total. The van der Waals surface area contributed by atoms with E-state index in [2.05, 4.69) is 13.8 Å². The summed E-state index contributed by atoms with van der Waals surface area (Å²) in [5, 5.41) is 0. The van der Waals surface area contributed by atoms with E-state index in [4.69, 9.17) is 0 Å². The maximum atomic E-state index is 2.27. The van der Waals surface area contributed by atoms with Crippen molar-refractivity contribution in [3.63, 3.8) is 0 Å². The number of hydrogen-bond donors (Lipinski definition) is 0. The van der Waals surface area contributed by atoms with Crippen molar-refractivity contribution < 1.29 is 0 Å². The second-order valence-electron chi connectivity index (χ2n) is 2.06. The summed E-state index contributed by atoms with van der Waals surface area (Å²) in [7, 11) is 1.22. The van der Waals surface area contributed by atoms with Crippen LogP contribution in [0.2, 0.25) is 0 Å². The first kappa shape index (κ1) is 8.43. The van der Waals surface area contributed by atoms with Crippen molar-refractivity contribution in [1.82, 2.24) is 0 Å². The Morgan fingerprint density at radius 3 is 2.38 bits per heavy atom. The molecule has 0 aliphatic carbocycles. The van der Waals surface area contributed by atoms with Gasteiger partial charge in [0.15, 0.2) is 0 Å². The summed E-state index contributed by atoms with van der Waals surface area (Å²) in [4.78, 5) is 0. The monoisotopic (exact) mass is 132 g/mol. The molecule has 0 saturated heterocycles. The van der Waals surface area contributed by atoms with Crippen molar-refractivity contribution in [2.24, 2.45) is 0 Å². The zero-order chi connectivity index (χ0) is 6.24. The normalized spacial score (nSPS) is 11.2. The Labute approximate surface area is 54.8 Å². The van der Waals surface area contributed by atoms with Gasteiger partial charge in [-0.15, -0.1) is 8.58 Å². The Morgan fingerprint density at radius 1 is 1.12 bits per heavy atom. The van der Waals surface area contributed by atoms with E-state index in [0.29, 0.717) is 0 Å². The van der Waals surface area contributed by atoms with Crippen molar-refractivity contribution in [2.75, 3.05) is 12.3 Å². The van der Waals surface area contributed by atoms with Crippen molar-refractivity contribution in [3.05, 3.63) is 0 Å². The molecule has 0 amide bonds. The average Bonchev–Trinajstić information content (AvgIpc) is 1.81. The molecular formula is C7H17P. The summed E-state index contributed by atoms with van der Waals surface area (Å²) in [6.07, 6.45) is 7.14. The van der Waals surface area contributed by atoms with Gasteiger partial charge in [-0.1, -0.05) is 26.7 Å². The van der Waals surface area contributed by atoms with Crippen LogP contribution in [0, 0.1) is 0 Å². The highest BCUT2D eigenvalue weighted by Gasteiger charge is 1.82. The fraction of sp³-hybridized carbons (Fsp3) is 1.00. The van der Waals surface area contributed by atoms with Crippen molar-refractivity contribution in [3.8, 4) is 0 Å². The van der Waals surface area contributed by atoms with Crippen molar-refractivity contribution in [1.29, 1.82) is 0 Å². The summed E-state index contributed by atoms with van der Waals surface area (Å²) in [6.45, 7) is 4.53. The van der Waals surface area contributed by atoms with Crippen LogP contribution in [0.5, 0.6) is 0 Å². The van der Waals surface area contributed by atoms with Crippen LogP contribution < -0.4 is 0 Å². The molecule has 0 bridgehead atoms. The lowest BCUT2D eigenvalue weighted by Gasteiger charge is -1.94. The van der Waals surface area contributed by atoms with E-state index in [1.165, 1.54) is 40.2 Å². The van der Waals surface area contributed by atoms with Crippen LogP contribution in [0.25, 0.3) is 0 Å². The summed E-state index contributed by atoms with van der Waals surface area (Å²) < 4.78 is 0. The molecule has 0 aliphatic heterocycles. The minimum absolute atomic E-state index is 1.22. The summed E-state index contributed by atoms with van der Waals surface area (Å²) in [5.41, 5.74) is 0. The van der Waals surface area contributed by atoms with Gasteiger partial charge in [0.25, 0.3) is 0 Å². The molecule has 0 spiro atoms. The Kier molecular flexibility index (Phi) is 7.83. The number of unbranched alkanes of at least 4 members (excludes halogenated alkanes) is 2. The van der Waals surface area contributed by atoms with Gasteiger partial charge in [0.2, 0.25) is 0 Å². The lowest BCUT2D eigenvalue weighted by atomic mass is 10.3. The van der Waals surface area contributed by atoms with Gasteiger partial charge >= 0.3 is 0 Å². The van der Waals surface area contributed by atoms with E-state index < -0.39 is 0 Å². The standard InChI is InChI=1S/C7H17P/c1-3-5-6-7-8-4-2/h8H,3-7H2,1-2H3. The Morgan fingerprint density at radius 2 is 1.88 bits per heavy atom. The van der Waals surface area contributed by atoms with E-state index in [9.17, 15) is 0 Å². The fourth-order valence-electron chi connectivity index (χ4n) is 0.677. The zero-order valence-electron chi connectivity index (χ0n) is 6.04. The third kappa shape index (κ3) is 6.43. The maximum Gasteiger partial charge on any atom is -0.0354 e. The summed E-state index contributed by atoms with van der Waals surface area (Å²) >= 11 is 0. The van der Waals surface area contributed by atoms with E-state index in [1.807, 2.05) is 0 Å². The molecule has 8 heavy (non-hydrogen) atoms. The van der Waals surface area contributed by atoms with Gasteiger partial charge in [0.1, 0.15) is 0 Å². The van der Waals surface area contributed by atoms with Crippen LogP contribution in [0.4, 0.5) is 0 Å². The lowest BCUT2D eigenvalue weighted by molar-refractivity contribution is 0.777. The number of hydrogen-bond acceptors (Lipinski definition) is 0. The molecule has 0 rings (SSSR count). The predicted octanol–water partition coefficient (Wildman–Crippen LogP) is 2.88. The number of rotatable bonds is 5. The van der Waals surface area contributed by atoms with Gasteiger partial charge in [-0.3, -0.25) is 0 Å². The predicted molar refractivity (Wildman–Crippen MR) is 43.2 cm³/mol. The maximum absolute atomic E-state index is 2.27. The molecule has 0 aromatic carbocycles. The topological polar surface area (TPSA) is 0 Å². The first-order valence-electron chi connectivity index (χ1n) is 3.62. The van der Waals surface area contributed by atoms with Crippen LogP contribution in [-0.2, 0) is 0 Å². The van der Waals surface area contributed by atoms with Crippen LogP contribution in [0.1, 0.15) is 33.1 Å². The van der Waals surface area contributed by atoms with Crippen LogP contribution in [0.15, 0.2) is 0 Å². The van der Waals surface area contributed by atoms with Gasteiger partial charge in [-0.25, -0.2) is 0 Å². The molecular weight excluding hydrogens is 115 g/mol. The summed E-state index contributed by atoms with van der Waals surface area (Å²) in [6, 6.07) is 0. The molecule has 0 aromatic heterocycles. The SMILES string of the molecule is CCCCCPCC. The van der Waals surface area contributed by atoms with E-state index >= 15 is 0 Å². The summed E-state index contributed by atoms with van der Waals surface area (Å²) in [5.74, 6) is 0. The first-order chi connectivity index (χ1) is 3.91. The second kappa shape index (κ2) is 7.43. The van der Waals surface area contributed by atoms with Crippen molar-refractivity contribution in [2.45, 2.75) is 33.1 Å². The third-order valence-electron chi connectivity index (χ3n) is 1.21. The molecule has 1 heteroatoms. The van der Waals surface area contributed by atoms with Gasteiger partial charge in [-0.2, -0.15) is 0 Å². The first-order valence-corrected chi connectivity index (χ1v) is 5.04. The molecule has 0 radical (unpaired) electrons. The molecule has 0 aromatic rings. The minimum atomic E-state index is 1.22. The van der Waals surface area contributed by atoms with E-state index in [1.54, 1.807) is 0 Å². The highest BCUT2D eigenvalue weighted by atomic mass is 31.1. The zero-order valence-corrected chi connectivity index (χ0v) is 7.04. The van der Waals surface area contributed by atoms with Gasteiger partial charge in [-0.05, 0) is 18.7 Å². The molecule has 0 N–H and O–H groups in total. The average molecular weight is 132 g/mol. The van der Waals surface area contributed by atoms with Crippen LogP contribution >= 0.6 is 8.58 Å². The molecule has 0 heterocycles. The van der Waals surface area contributed by atoms with Gasteiger partial charge in [0, 0.05) is 0 Å². The lowest BCUT2D eigenvalue weighted by Crippen LogP contribution is -1.76. The van der Waals surface area contributed by atoms with Crippen LogP contribution in [-0.4, -0.2) is 12.3 Å². The van der Waals surface area contributed by atoms with E-state index in [0.717, 1.165) is 0 Å². The Hall–Kier alpha value is 0.430. The van der Waals surface area contributed by atoms with Crippen LogP contribution in [0.3, 0.4) is 0 Å². The molecule has 1 atom stereocenters. The Balaban J connectivity index is 2.53. The third-order valence-corrected chi connectivity index (χ3v) is 2.41. The largest absolute Gasteiger partial charge is 0.122 e. The minimum Gasteiger partial charge on any atom is -0.122 e. The van der Waals surface area contributed by atoms with Gasteiger partial charge in [0.05, 0.1) is 0 Å². The Bertz CT molecular complexity index is 29.4. The quantitative estimate of drug-likeness (QED) is 0.398. The van der Waals surface area contributed by atoms with Crippen molar-refractivity contribution >= 4 is 8.58 Å². The smallest absolute Gasteiger partial charge is 0.0354 e. The molecule has 1 unspecified atom stereocenters. The van der Waals surface area contributed by atoms with E-state index in [-0.39, 0.29) is 0 Å². The second-order valence-corrected chi connectivity index (χ2v) is 3.77. The molecule has 0 aliphatic rings. The fourth-order valence-corrected chi connectivity index (χ4v) is 1.53. The highest BCUT2D eigenvalue weighted by Crippen LogP contribution is 2.11. The molecule has 50 valence electrons. The highest BCUT2D eigenvalue weighted by molar-refractivity contribution is 7.37.